The fraction of sp³-hybridized carbons (Fsp3) is 0.222. The molecule has 0 aromatic heterocycles. The van der Waals surface area contributed by atoms with E-state index < -0.39 is 5.72 Å². The highest BCUT2D eigenvalue weighted by molar-refractivity contribution is 5.97. The van der Waals surface area contributed by atoms with E-state index in [4.69, 9.17) is 0 Å². The first kappa shape index (κ1) is 14.5. The summed E-state index contributed by atoms with van der Waals surface area (Å²) in [5, 5.41) is 16.6. The van der Waals surface area contributed by atoms with E-state index in [1.165, 1.54) is 5.01 Å². The third-order valence-electron chi connectivity index (χ3n) is 3.85. The number of amides is 1. The van der Waals surface area contributed by atoms with E-state index in [1.54, 1.807) is 24.3 Å². The molecule has 2 aromatic rings. The molecule has 0 saturated carbocycles. The second kappa shape index (κ2) is 5.39. The summed E-state index contributed by atoms with van der Waals surface area (Å²) in [5.41, 5.74) is 1.58. The number of hydrazone groups is 1. The fourth-order valence-electron chi connectivity index (χ4n) is 2.68. The molecule has 2 aromatic carbocycles. The van der Waals surface area contributed by atoms with Crippen LogP contribution in [-0.2, 0) is 5.72 Å². The molecule has 3 rings (SSSR count). The molecule has 1 N–H and O–H groups in total. The van der Waals surface area contributed by atoms with Crippen LogP contribution in [0.15, 0.2) is 59.7 Å². The standard InChI is InChI=1S/C18H18N2O2/c1-13-8-10-16(11-9-13)18(22)12-14(2)19-20(18)17(21)15-6-4-3-5-7-15/h3-11,22H,12H2,1-2H3/t18-/m1/s1. The van der Waals surface area contributed by atoms with Crippen LogP contribution in [-0.4, -0.2) is 21.7 Å². The van der Waals surface area contributed by atoms with Gasteiger partial charge in [0.25, 0.3) is 5.91 Å². The SMILES string of the molecule is CC1=NN(C(=O)c2ccccc2)[C@](O)(c2ccc(C)cc2)C1. The Bertz CT molecular complexity index is 723. The van der Waals surface area contributed by atoms with Crippen LogP contribution in [0, 0.1) is 6.92 Å². The van der Waals surface area contributed by atoms with Crippen LogP contribution < -0.4 is 0 Å². The predicted octanol–water partition coefficient (Wildman–Crippen LogP) is 3.06. The van der Waals surface area contributed by atoms with Gasteiger partial charge in [0.15, 0.2) is 5.72 Å². The maximum atomic E-state index is 12.7. The van der Waals surface area contributed by atoms with Crippen molar-refractivity contribution in [1.29, 1.82) is 0 Å². The van der Waals surface area contributed by atoms with E-state index in [0.717, 1.165) is 11.3 Å². The van der Waals surface area contributed by atoms with Gasteiger partial charge < -0.3 is 5.11 Å². The first-order valence-corrected chi connectivity index (χ1v) is 7.24. The Labute approximate surface area is 129 Å². The van der Waals surface area contributed by atoms with Crippen molar-refractivity contribution in [3.05, 3.63) is 71.3 Å². The average Bonchev–Trinajstić information content (AvgIpc) is 2.84. The summed E-state index contributed by atoms with van der Waals surface area (Å²) in [6.45, 7) is 3.80. The van der Waals surface area contributed by atoms with Gasteiger partial charge in [-0.15, -0.1) is 0 Å². The second-order valence-electron chi connectivity index (χ2n) is 5.68. The molecule has 0 radical (unpaired) electrons. The molecule has 1 amide bonds. The van der Waals surface area contributed by atoms with E-state index in [2.05, 4.69) is 5.10 Å². The summed E-state index contributed by atoms with van der Waals surface area (Å²) >= 11 is 0. The molecule has 1 atom stereocenters. The van der Waals surface area contributed by atoms with Gasteiger partial charge >= 0.3 is 0 Å². The number of nitrogens with zero attached hydrogens (tertiary/aromatic N) is 2. The molecule has 0 bridgehead atoms. The van der Waals surface area contributed by atoms with Crippen LogP contribution in [0.1, 0.15) is 34.8 Å². The Hall–Kier alpha value is -2.46. The van der Waals surface area contributed by atoms with Crippen LogP contribution in [0.5, 0.6) is 0 Å². The second-order valence-corrected chi connectivity index (χ2v) is 5.68. The topological polar surface area (TPSA) is 52.9 Å². The Kier molecular flexibility index (Phi) is 3.54. The molecular weight excluding hydrogens is 276 g/mol. The zero-order valence-electron chi connectivity index (χ0n) is 12.7. The van der Waals surface area contributed by atoms with Gasteiger partial charge in [-0.2, -0.15) is 10.1 Å². The first-order valence-electron chi connectivity index (χ1n) is 7.24. The fourth-order valence-corrected chi connectivity index (χ4v) is 2.68. The molecule has 22 heavy (non-hydrogen) atoms. The lowest BCUT2D eigenvalue weighted by Gasteiger charge is -2.31. The summed E-state index contributed by atoms with van der Waals surface area (Å²) in [6, 6.07) is 16.4. The van der Waals surface area contributed by atoms with E-state index in [9.17, 15) is 9.90 Å². The van der Waals surface area contributed by atoms with Gasteiger partial charge in [-0.1, -0.05) is 48.0 Å². The van der Waals surface area contributed by atoms with Gasteiger partial charge in [-0.05, 0) is 26.0 Å². The number of aliphatic hydroxyl groups is 1. The van der Waals surface area contributed by atoms with Crippen molar-refractivity contribution < 1.29 is 9.90 Å². The highest BCUT2D eigenvalue weighted by Crippen LogP contribution is 2.36. The lowest BCUT2D eigenvalue weighted by molar-refractivity contribution is -0.0765. The van der Waals surface area contributed by atoms with Gasteiger partial charge in [0, 0.05) is 23.3 Å². The van der Waals surface area contributed by atoms with Gasteiger partial charge in [0.05, 0.1) is 0 Å². The zero-order chi connectivity index (χ0) is 15.7. The van der Waals surface area contributed by atoms with Crippen LogP contribution in [0.3, 0.4) is 0 Å². The largest absolute Gasteiger partial charge is 0.365 e. The maximum Gasteiger partial charge on any atom is 0.276 e. The molecule has 1 heterocycles. The van der Waals surface area contributed by atoms with Crippen molar-refractivity contribution in [3.63, 3.8) is 0 Å². The van der Waals surface area contributed by atoms with Crippen LogP contribution in [0.4, 0.5) is 0 Å². The normalized spacial score (nSPS) is 20.9. The molecule has 0 aliphatic carbocycles. The number of aryl methyl sites for hydroxylation is 1. The lowest BCUT2D eigenvalue weighted by atomic mass is 9.96. The molecule has 112 valence electrons. The number of rotatable bonds is 2. The molecule has 4 nitrogen and oxygen atoms in total. The van der Waals surface area contributed by atoms with E-state index in [-0.39, 0.29) is 5.91 Å². The minimum absolute atomic E-state index is 0.305. The Morgan fingerprint density at radius 1 is 1.09 bits per heavy atom. The molecule has 0 unspecified atom stereocenters. The van der Waals surface area contributed by atoms with E-state index in [0.29, 0.717) is 17.5 Å². The summed E-state index contributed by atoms with van der Waals surface area (Å²) in [4.78, 5) is 12.7. The predicted molar refractivity (Wildman–Crippen MR) is 85.4 cm³/mol. The van der Waals surface area contributed by atoms with Crippen molar-refractivity contribution >= 4 is 11.6 Å². The lowest BCUT2D eigenvalue weighted by Crippen LogP contribution is -2.43. The molecule has 1 aliphatic rings. The highest BCUT2D eigenvalue weighted by atomic mass is 16.3. The highest BCUT2D eigenvalue weighted by Gasteiger charge is 2.45. The number of carbonyl (C=O) groups excluding carboxylic acids is 1. The molecular formula is C18H18N2O2. The van der Waals surface area contributed by atoms with Crippen molar-refractivity contribution in [3.8, 4) is 0 Å². The van der Waals surface area contributed by atoms with Crippen molar-refractivity contribution in [2.75, 3.05) is 0 Å². The summed E-state index contributed by atoms with van der Waals surface area (Å²) in [7, 11) is 0. The Morgan fingerprint density at radius 3 is 2.36 bits per heavy atom. The van der Waals surface area contributed by atoms with Gasteiger partial charge in [-0.25, -0.2) is 0 Å². The summed E-state index contributed by atoms with van der Waals surface area (Å²) in [6.07, 6.45) is 0.314. The van der Waals surface area contributed by atoms with Crippen LogP contribution >= 0.6 is 0 Å². The third-order valence-corrected chi connectivity index (χ3v) is 3.85. The van der Waals surface area contributed by atoms with Crippen molar-refractivity contribution in [2.45, 2.75) is 26.0 Å². The molecule has 0 spiro atoms. The van der Waals surface area contributed by atoms with Gasteiger partial charge in [0.1, 0.15) is 0 Å². The van der Waals surface area contributed by atoms with Crippen LogP contribution in [0.2, 0.25) is 0 Å². The van der Waals surface area contributed by atoms with E-state index in [1.807, 2.05) is 44.2 Å². The maximum absolute atomic E-state index is 12.7. The summed E-state index contributed by atoms with van der Waals surface area (Å²) in [5.74, 6) is -0.305. The zero-order valence-corrected chi connectivity index (χ0v) is 12.7. The van der Waals surface area contributed by atoms with E-state index >= 15 is 0 Å². The molecule has 1 aliphatic heterocycles. The number of hydrogen-bond acceptors (Lipinski definition) is 3. The third kappa shape index (κ3) is 2.42. The van der Waals surface area contributed by atoms with Crippen LogP contribution in [0.25, 0.3) is 0 Å². The van der Waals surface area contributed by atoms with Gasteiger partial charge in [-0.3, -0.25) is 4.79 Å². The summed E-state index contributed by atoms with van der Waals surface area (Å²) < 4.78 is 0. The monoisotopic (exact) mass is 294 g/mol. The molecule has 4 heteroatoms. The minimum Gasteiger partial charge on any atom is -0.365 e. The first-order chi connectivity index (χ1) is 10.5. The minimum atomic E-state index is -1.43. The number of hydrogen-bond donors (Lipinski definition) is 1. The van der Waals surface area contributed by atoms with Crippen molar-refractivity contribution in [2.24, 2.45) is 5.10 Å². The molecule has 0 fully saturated rings. The Morgan fingerprint density at radius 2 is 1.73 bits per heavy atom. The number of carbonyl (C=O) groups is 1. The molecule has 0 saturated heterocycles. The van der Waals surface area contributed by atoms with Gasteiger partial charge in [0.2, 0.25) is 0 Å². The smallest absolute Gasteiger partial charge is 0.276 e. The quantitative estimate of drug-likeness (QED) is 0.925. The Balaban J connectivity index is 2.01. The average molecular weight is 294 g/mol. The number of benzene rings is 2. The van der Waals surface area contributed by atoms with Crippen molar-refractivity contribution in [1.82, 2.24) is 5.01 Å².